The lowest BCUT2D eigenvalue weighted by molar-refractivity contribution is 0.234. The second kappa shape index (κ2) is 8.97. The predicted molar refractivity (Wildman–Crippen MR) is 159 cm³/mol. The van der Waals surface area contributed by atoms with Crippen LogP contribution in [0.15, 0.2) is 55.8 Å². The van der Waals surface area contributed by atoms with E-state index in [9.17, 15) is 0 Å². The van der Waals surface area contributed by atoms with Crippen LogP contribution in [0.3, 0.4) is 0 Å². The van der Waals surface area contributed by atoms with Crippen LogP contribution in [-0.2, 0) is 9.47 Å². The predicted octanol–water partition coefficient (Wildman–Crippen LogP) is 7.39. The van der Waals surface area contributed by atoms with Gasteiger partial charge in [0.05, 0.1) is 28.2 Å². The average molecular weight is 525 g/mol. The molecule has 0 amide bonds. The van der Waals surface area contributed by atoms with Crippen LogP contribution in [0.2, 0.25) is 39.3 Å². The van der Waals surface area contributed by atoms with Gasteiger partial charge >= 0.3 is 0 Å². The molecular formula is C30H48N2O2Si2. The zero-order valence-corrected chi connectivity index (χ0v) is 26.7. The first-order valence-electron chi connectivity index (χ1n) is 13.7. The van der Waals surface area contributed by atoms with Crippen LogP contribution in [0, 0.1) is 22.7 Å². The topological polar surface area (TPSA) is 43.2 Å². The van der Waals surface area contributed by atoms with E-state index in [4.69, 9.17) is 19.5 Å². The molecule has 0 N–H and O–H groups in total. The Morgan fingerprint density at radius 1 is 0.639 bits per heavy atom. The highest BCUT2D eigenvalue weighted by Gasteiger charge is 2.45. The summed E-state index contributed by atoms with van der Waals surface area (Å²) in [6, 6.07) is 0.372. The molecule has 2 heterocycles. The fourth-order valence-corrected chi connectivity index (χ4v) is 8.84. The summed E-state index contributed by atoms with van der Waals surface area (Å²) in [5.41, 5.74) is 2.80. The third-order valence-electron chi connectivity index (χ3n) is 7.95. The van der Waals surface area contributed by atoms with Crippen LogP contribution in [0.5, 0.6) is 0 Å². The Hall–Kier alpha value is -1.67. The van der Waals surface area contributed by atoms with Crippen molar-refractivity contribution in [2.24, 2.45) is 32.7 Å². The molecule has 0 aromatic carbocycles. The molecule has 4 atom stereocenters. The van der Waals surface area contributed by atoms with Crippen molar-refractivity contribution in [3.05, 3.63) is 45.8 Å². The van der Waals surface area contributed by atoms with Crippen molar-refractivity contribution in [3.8, 4) is 0 Å². The van der Waals surface area contributed by atoms with E-state index in [0.29, 0.717) is 13.2 Å². The van der Waals surface area contributed by atoms with Gasteiger partial charge in [0.15, 0.2) is 0 Å². The fraction of sp³-hybridized carbons (Fsp3) is 0.667. The summed E-state index contributed by atoms with van der Waals surface area (Å²) in [5, 5.41) is 2.94. The second-order valence-corrected chi connectivity index (χ2v) is 25.3. The van der Waals surface area contributed by atoms with Gasteiger partial charge in [-0.25, -0.2) is 9.98 Å². The van der Waals surface area contributed by atoms with Crippen LogP contribution in [0.4, 0.5) is 0 Å². The maximum absolute atomic E-state index is 6.39. The van der Waals surface area contributed by atoms with Crippen molar-refractivity contribution in [2.75, 3.05) is 13.2 Å². The summed E-state index contributed by atoms with van der Waals surface area (Å²) in [6.07, 6.45) is 9.60. The lowest BCUT2D eigenvalue weighted by Crippen LogP contribution is -2.30. The molecule has 0 fully saturated rings. The van der Waals surface area contributed by atoms with E-state index in [1.54, 1.807) is 0 Å². The van der Waals surface area contributed by atoms with Crippen LogP contribution >= 0.6 is 0 Å². The minimum atomic E-state index is -1.62. The Labute approximate surface area is 221 Å². The molecule has 0 aromatic heterocycles. The molecule has 36 heavy (non-hydrogen) atoms. The number of nitrogens with zero attached hydrogens (tertiary/aromatic N) is 2. The van der Waals surface area contributed by atoms with Gasteiger partial charge in [0.1, 0.15) is 13.2 Å². The second-order valence-electron chi connectivity index (χ2n) is 15.2. The number of aliphatic imine (C=N–C) groups is 2. The van der Waals surface area contributed by atoms with E-state index in [1.807, 2.05) is 0 Å². The maximum atomic E-state index is 6.39. The van der Waals surface area contributed by atoms with Crippen LogP contribution in [-0.4, -0.2) is 53.2 Å². The normalized spacial score (nSPS) is 29.2. The van der Waals surface area contributed by atoms with E-state index < -0.39 is 16.1 Å². The van der Waals surface area contributed by atoms with E-state index in [1.165, 1.54) is 21.5 Å². The highest BCUT2D eigenvalue weighted by molar-refractivity contribution is 6.84. The molecule has 4 aliphatic rings. The number of rotatable bonds is 5. The average Bonchev–Trinajstić information content (AvgIpc) is 3.49. The molecule has 2 aliphatic carbocycles. The van der Waals surface area contributed by atoms with Crippen molar-refractivity contribution >= 4 is 27.9 Å². The molecule has 2 aliphatic heterocycles. The van der Waals surface area contributed by atoms with E-state index >= 15 is 0 Å². The van der Waals surface area contributed by atoms with Crippen molar-refractivity contribution < 1.29 is 9.47 Å². The van der Waals surface area contributed by atoms with Gasteiger partial charge < -0.3 is 9.47 Å². The van der Waals surface area contributed by atoms with Crippen LogP contribution < -0.4 is 0 Å². The molecule has 4 rings (SSSR count). The molecule has 0 saturated heterocycles. The standard InChI is InChI=1S/C30H48N2O2Si2/c1-29(2,3)23-17-33-27(31-23)25-19(13-15-21(25)35(7,8)9)20-14-16-22(36(10,11)12)26(20)28-32-24(18-34-28)30(4,5)6/h13-16,19-20,23-24H,17-18H2,1-12H3/t19?,20?,23-,24-/m1/s1. The van der Waals surface area contributed by atoms with Gasteiger partial charge in [-0.05, 0) is 10.8 Å². The van der Waals surface area contributed by atoms with Crippen molar-refractivity contribution in [1.82, 2.24) is 0 Å². The fourth-order valence-electron chi connectivity index (χ4n) is 5.48. The molecule has 6 heteroatoms. The highest BCUT2D eigenvalue weighted by Crippen LogP contribution is 2.46. The van der Waals surface area contributed by atoms with Gasteiger partial charge in [0, 0.05) is 23.0 Å². The van der Waals surface area contributed by atoms with Gasteiger partial charge in [-0.15, -0.1) is 0 Å². The molecule has 198 valence electrons. The molecule has 4 nitrogen and oxygen atoms in total. The van der Waals surface area contributed by atoms with Crippen molar-refractivity contribution in [1.29, 1.82) is 0 Å². The Kier molecular flexibility index (Phi) is 6.82. The maximum Gasteiger partial charge on any atom is 0.212 e. The zero-order chi connectivity index (χ0) is 26.8. The van der Waals surface area contributed by atoms with Crippen molar-refractivity contribution in [3.63, 3.8) is 0 Å². The zero-order valence-electron chi connectivity index (χ0n) is 24.7. The lowest BCUT2D eigenvalue weighted by atomic mass is 9.83. The highest BCUT2D eigenvalue weighted by atomic mass is 28.3. The van der Waals surface area contributed by atoms with Crippen molar-refractivity contribution in [2.45, 2.75) is 92.9 Å². The van der Waals surface area contributed by atoms with E-state index in [0.717, 1.165) is 11.8 Å². The first kappa shape index (κ1) is 27.4. The van der Waals surface area contributed by atoms with Gasteiger partial charge in [-0.1, -0.05) is 116 Å². The van der Waals surface area contributed by atoms with Crippen LogP contribution in [0.1, 0.15) is 41.5 Å². The molecule has 0 bridgehead atoms. The van der Waals surface area contributed by atoms with E-state index in [-0.39, 0.29) is 34.7 Å². The Morgan fingerprint density at radius 3 is 1.22 bits per heavy atom. The number of allylic oxidation sites excluding steroid dienone is 6. The summed E-state index contributed by atoms with van der Waals surface area (Å²) in [5.74, 6) is 2.14. The minimum Gasteiger partial charge on any atom is -0.475 e. The Balaban J connectivity index is 1.81. The molecule has 2 unspecified atom stereocenters. The SMILES string of the molecule is CC(C)(C)[C@H]1COC(C2=C([Si](C)(C)C)C=CC2C2C=CC([Si](C)(C)C)=C2C2=N[C@@H](C(C)(C)C)CO2)=N1. The first-order valence-corrected chi connectivity index (χ1v) is 20.7. The summed E-state index contributed by atoms with van der Waals surface area (Å²) in [6.45, 7) is 29.5. The quantitative estimate of drug-likeness (QED) is 0.352. The minimum absolute atomic E-state index is 0.0842. The third kappa shape index (κ3) is 5.17. The van der Waals surface area contributed by atoms with E-state index in [2.05, 4.69) is 105 Å². The van der Waals surface area contributed by atoms with Gasteiger partial charge in [-0.3, -0.25) is 0 Å². The first-order chi connectivity index (χ1) is 16.4. The summed E-state index contributed by atoms with van der Waals surface area (Å²) in [4.78, 5) is 10.4. The Morgan fingerprint density at radius 2 is 0.972 bits per heavy atom. The molecule has 0 aromatic rings. The monoisotopic (exact) mass is 524 g/mol. The molecule has 0 spiro atoms. The number of ether oxygens (including phenoxy) is 2. The summed E-state index contributed by atoms with van der Waals surface area (Å²) < 4.78 is 12.8. The molecular weight excluding hydrogens is 477 g/mol. The molecule has 0 radical (unpaired) electrons. The molecule has 0 saturated carbocycles. The number of hydrogen-bond donors (Lipinski definition) is 0. The smallest absolute Gasteiger partial charge is 0.212 e. The number of hydrogen-bond acceptors (Lipinski definition) is 4. The van der Waals surface area contributed by atoms with Crippen LogP contribution in [0.25, 0.3) is 0 Å². The Bertz CT molecular complexity index is 1010. The van der Waals surface area contributed by atoms with Gasteiger partial charge in [0.25, 0.3) is 0 Å². The largest absolute Gasteiger partial charge is 0.475 e. The summed E-state index contributed by atoms with van der Waals surface area (Å²) in [7, 11) is -3.24. The third-order valence-corrected chi connectivity index (χ3v) is 12.1. The summed E-state index contributed by atoms with van der Waals surface area (Å²) >= 11 is 0. The lowest BCUT2D eigenvalue weighted by Gasteiger charge is -2.28. The van der Waals surface area contributed by atoms with Gasteiger partial charge in [-0.2, -0.15) is 0 Å². The van der Waals surface area contributed by atoms with Gasteiger partial charge in [0.2, 0.25) is 11.8 Å².